The number of aromatic nitrogens is 1. The van der Waals surface area contributed by atoms with Crippen LogP contribution < -0.4 is 0 Å². The summed E-state index contributed by atoms with van der Waals surface area (Å²) in [5.41, 5.74) is 2.46. The van der Waals surface area contributed by atoms with Crippen LogP contribution in [-0.2, 0) is 21.3 Å². The summed E-state index contributed by atoms with van der Waals surface area (Å²) in [4.78, 5) is 10.9. The summed E-state index contributed by atoms with van der Waals surface area (Å²) >= 11 is 7.32. The average molecular weight is 515 g/mol. The third kappa shape index (κ3) is 5.88. The summed E-state index contributed by atoms with van der Waals surface area (Å²) in [6.45, 7) is 1.87. The fraction of sp³-hybridized carbons (Fsp3) is 0.120. The predicted molar refractivity (Wildman–Crippen MR) is 134 cm³/mol. The van der Waals surface area contributed by atoms with Gasteiger partial charge in [0.1, 0.15) is 28.9 Å². The van der Waals surface area contributed by atoms with E-state index in [2.05, 4.69) is 10.1 Å². The quantitative estimate of drug-likeness (QED) is 0.204. The van der Waals surface area contributed by atoms with Crippen LogP contribution in [0.25, 0.3) is 10.6 Å². The maximum absolute atomic E-state index is 13.2. The van der Waals surface area contributed by atoms with Crippen molar-refractivity contribution in [2.24, 2.45) is 5.16 Å². The van der Waals surface area contributed by atoms with Crippen molar-refractivity contribution in [1.29, 1.82) is 0 Å². The van der Waals surface area contributed by atoms with E-state index >= 15 is 0 Å². The van der Waals surface area contributed by atoms with Gasteiger partial charge in [-0.2, -0.15) is 0 Å². The van der Waals surface area contributed by atoms with Crippen LogP contribution in [0.2, 0.25) is 5.02 Å². The fourth-order valence-electron chi connectivity index (χ4n) is 3.17. The zero-order chi connectivity index (χ0) is 24.1. The van der Waals surface area contributed by atoms with Crippen molar-refractivity contribution in [2.45, 2.75) is 18.4 Å². The Labute approximate surface area is 206 Å². The molecule has 0 saturated heterocycles. The van der Waals surface area contributed by atoms with Gasteiger partial charge in [0.2, 0.25) is 0 Å². The van der Waals surface area contributed by atoms with Gasteiger partial charge in [0.15, 0.2) is 9.84 Å². The first-order valence-corrected chi connectivity index (χ1v) is 13.1. The summed E-state index contributed by atoms with van der Waals surface area (Å²) in [5.74, 6) is -0.708. The van der Waals surface area contributed by atoms with Crippen LogP contribution in [0.3, 0.4) is 0 Å². The lowest BCUT2D eigenvalue weighted by atomic mass is 10.2. The summed E-state index contributed by atoms with van der Waals surface area (Å²) < 4.78 is 39.4. The van der Waals surface area contributed by atoms with Gasteiger partial charge in [0, 0.05) is 10.6 Å². The van der Waals surface area contributed by atoms with E-state index in [0.717, 1.165) is 5.56 Å². The minimum atomic E-state index is -3.68. The SMILES string of the molecule is Cc1nc(-c2ccc(Cl)cc2)sc1C(CS(=O)(=O)c1ccccc1)=NOCc1ccc(F)cc1. The summed E-state index contributed by atoms with van der Waals surface area (Å²) in [6, 6.07) is 21.3. The molecule has 0 aliphatic rings. The van der Waals surface area contributed by atoms with Gasteiger partial charge in [-0.25, -0.2) is 17.8 Å². The van der Waals surface area contributed by atoms with Crippen LogP contribution in [-0.4, -0.2) is 24.9 Å². The Balaban J connectivity index is 1.67. The molecule has 0 atom stereocenters. The van der Waals surface area contributed by atoms with E-state index in [4.69, 9.17) is 16.4 Å². The molecule has 0 amide bonds. The molecule has 0 radical (unpaired) electrons. The van der Waals surface area contributed by atoms with Crippen molar-refractivity contribution in [3.63, 3.8) is 0 Å². The molecule has 0 saturated carbocycles. The Morgan fingerprint density at radius 3 is 2.38 bits per heavy atom. The predicted octanol–water partition coefficient (Wildman–Crippen LogP) is 6.31. The first-order valence-electron chi connectivity index (χ1n) is 10.3. The molecule has 34 heavy (non-hydrogen) atoms. The maximum atomic E-state index is 13.2. The van der Waals surface area contributed by atoms with E-state index in [-0.39, 0.29) is 28.8 Å². The lowest BCUT2D eigenvalue weighted by Crippen LogP contribution is -2.18. The Morgan fingerprint density at radius 2 is 1.71 bits per heavy atom. The first kappa shape index (κ1) is 24.1. The van der Waals surface area contributed by atoms with Gasteiger partial charge in [0.05, 0.1) is 15.5 Å². The molecule has 1 heterocycles. The number of sulfone groups is 1. The Kier molecular flexibility index (Phi) is 7.41. The van der Waals surface area contributed by atoms with Crippen molar-refractivity contribution in [3.8, 4) is 10.6 Å². The summed E-state index contributed by atoms with van der Waals surface area (Å²) in [6.07, 6.45) is 0. The van der Waals surface area contributed by atoms with Gasteiger partial charge >= 0.3 is 0 Å². The van der Waals surface area contributed by atoms with E-state index in [1.165, 1.54) is 23.5 Å². The Morgan fingerprint density at radius 1 is 1.03 bits per heavy atom. The lowest BCUT2D eigenvalue weighted by Gasteiger charge is -2.08. The molecule has 0 bridgehead atoms. The molecule has 4 aromatic rings. The highest BCUT2D eigenvalue weighted by Crippen LogP contribution is 2.30. The lowest BCUT2D eigenvalue weighted by molar-refractivity contribution is 0.130. The number of hydrogen-bond acceptors (Lipinski definition) is 6. The molecule has 1 aromatic heterocycles. The molecule has 0 aliphatic heterocycles. The van der Waals surface area contributed by atoms with Crippen molar-refractivity contribution in [3.05, 3.63) is 106 Å². The summed E-state index contributed by atoms with van der Waals surface area (Å²) in [5, 5.41) is 5.53. The van der Waals surface area contributed by atoms with E-state index < -0.39 is 9.84 Å². The maximum Gasteiger partial charge on any atom is 0.184 e. The molecule has 9 heteroatoms. The smallest absolute Gasteiger partial charge is 0.184 e. The highest BCUT2D eigenvalue weighted by molar-refractivity contribution is 7.92. The number of nitrogens with zero attached hydrogens (tertiary/aromatic N) is 2. The number of aryl methyl sites for hydroxylation is 1. The van der Waals surface area contributed by atoms with Gasteiger partial charge in [0.25, 0.3) is 0 Å². The first-order chi connectivity index (χ1) is 16.3. The monoisotopic (exact) mass is 514 g/mol. The molecule has 3 aromatic carbocycles. The number of thiazole rings is 1. The van der Waals surface area contributed by atoms with Crippen LogP contribution in [0, 0.1) is 12.7 Å². The molecule has 0 unspecified atom stereocenters. The zero-order valence-electron chi connectivity index (χ0n) is 18.1. The molecular weight excluding hydrogens is 495 g/mol. The molecule has 4 rings (SSSR count). The van der Waals surface area contributed by atoms with Gasteiger partial charge in [-0.3, -0.25) is 0 Å². The molecule has 0 aliphatic carbocycles. The molecule has 5 nitrogen and oxygen atoms in total. The third-order valence-corrected chi connectivity index (χ3v) is 8.05. The minimum Gasteiger partial charge on any atom is -0.391 e. The van der Waals surface area contributed by atoms with Crippen LogP contribution >= 0.6 is 22.9 Å². The number of benzene rings is 3. The van der Waals surface area contributed by atoms with Crippen molar-refractivity contribution < 1.29 is 17.6 Å². The van der Waals surface area contributed by atoms with Crippen LogP contribution in [0.5, 0.6) is 0 Å². The second-order valence-electron chi connectivity index (χ2n) is 7.45. The minimum absolute atomic E-state index is 0.0665. The Hall–Kier alpha value is -3.07. The number of halogens is 2. The van der Waals surface area contributed by atoms with Crippen molar-refractivity contribution in [1.82, 2.24) is 4.98 Å². The van der Waals surface area contributed by atoms with Gasteiger partial charge in [-0.1, -0.05) is 59.2 Å². The zero-order valence-corrected chi connectivity index (χ0v) is 20.5. The fourth-order valence-corrected chi connectivity index (χ4v) is 5.73. The average Bonchev–Trinajstić information content (AvgIpc) is 3.22. The number of rotatable bonds is 8. The Bertz CT molecular complexity index is 1400. The van der Waals surface area contributed by atoms with E-state index in [1.54, 1.807) is 61.5 Å². The van der Waals surface area contributed by atoms with Gasteiger partial charge < -0.3 is 4.84 Å². The van der Waals surface area contributed by atoms with Crippen LogP contribution in [0.1, 0.15) is 16.1 Å². The standard InChI is InChI=1S/C25H20ClFN2O3S2/c1-17-24(33-25(28-17)19-9-11-20(26)12-10-19)23(16-34(30,31)22-5-3-2-4-6-22)29-32-15-18-7-13-21(27)14-8-18/h2-14H,15-16H2,1H3. The largest absolute Gasteiger partial charge is 0.391 e. The van der Waals surface area contributed by atoms with Crippen LogP contribution in [0.4, 0.5) is 4.39 Å². The van der Waals surface area contributed by atoms with Gasteiger partial charge in [-0.15, -0.1) is 11.3 Å². The topological polar surface area (TPSA) is 68.6 Å². The molecule has 174 valence electrons. The van der Waals surface area contributed by atoms with E-state index in [9.17, 15) is 12.8 Å². The van der Waals surface area contributed by atoms with E-state index in [1.807, 2.05) is 12.1 Å². The van der Waals surface area contributed by atoms with Crippen LogP contribution in [0.15, 0.2) is 88.9 Å². The van der Waals surface area contributed by atoms with Gasteiger partial charge in [-0.05, 0) is 48.9 Å². The molecule has 0 spiro atoms. The number of oxime groups is 1. The third-order valence-electron chi connectivity index (χ3n) is 4.90. The molecule has 0 fully saturated rings. The van der Waals surface area contributed by atoms with E-state index in [0.29, 0.717) is 26.2 Å². The molecular formula is C25H20ClFN2O3S2. The number of hydrogen-bond donors (Lipinski definition) is 0. The second kappa shape index (κ2) is 10.5. The highest BCUT2D eigenvalue weighted by atomic mass is 35.5. The summed E-state index contributed by atoms with van der Waals surface area (Å²) in [7, 11) is -3.68. The molecule has 0 N–H and O–H groups in total. The second-order valence-corrected chi connectivity index (χ2v) is 10.9. The normalized spacial score (nSPS) is 12.0. The van der Waals surface area contributed by atoms with Crippen molar-refractivity contribution >= 4 is 38.5 Å². The van der Waals surface area contributed by atoms with Crippen molar-refractivity contribution in [2.75, 3.05) is 5.75 Å². The highest BCUT2D eigenvalue weighted by Gasteiger charge is 2.23.